The quantitative estimate of drug-likeness (QED) is 0.610. The molecule has 1 N–H and O–H groups in total. The normalized spacial score (nSPS) is 26.5. The third-order valence-corrected chi connectivity index (χ3v) is 7.14. The number of H-pyrrole nitrogens is 1. The van der Waals surface area contributed by atoms with E-state index in [-0.39, 0.29) is 18.3 Å². The van der Waals surface area contributed by atoms with Crippen LogP contribution >= 0.6 is 11.6 Å². The highest BCUT2D eigenvalue weighted by Gasteiger charge is 2.43. The molecule has 0 spiro atoms. The molecular weight excluding hydrogens is 444 g/mol. The van der Waals surface area contributed by atoms with Gasteiger partial charge >= 0.3 is 0 Å². The second-order valence-electron chi connectivity index (χ2n) is 8.83. The van der Waals surface area contributed by atoms with Crippen LogP contribution in [0.15, 0.2) is 30.3 Å². The molecule has 9 heteroatoms. The van der Waals surface area contributed by atoms with E-state index in [1.165, 1.54) is 5.56 Å². The first-order valence-electron chi connectivity index (χ1n) is 11.5. The molecule has 0 radical (unpaired) electrons. The Morgan fingerprint density at radius 2 is 1.94 bits per heavy atom. The van der Waals surface area contributed by atoms with Crippen LogP contribution in [0.3, 0.4) is 0 Å². The van der Waals surface area contributed by atoms with Crippen LogP contribution in [0.5, 0.6) is 6.01 Å². The highest BCUT2D eigenvalue weighted by atomic mass is 35.5. The van der Waals surface area contributed by atoms with Gasteiger partial charge in [-0.1, -0.05) is 35.9 Å². The lowest BCUT2D eigenvalue weighted by atomic mass is 10.0. The van der Waals surface area contributed by atoms with Gasteiger partial charge in [-0.25, -0.2) is 4.98 Å². The minimum Gasteiger partial charge on any atom is -0.456 e. The lowest BCUT2D eigenvalue weighted by Gasteiger charge is -2.32. The minimum absolute atomic E-state index is 0.0383. The number of aromatic amines is 1. The zero-order valence-electron chi connectivity index (χ0n) is 18.5. The van der Waals surface area contributed by atoms with Crippen molar-refractivity contribution in [2.75, 3.05) is 39.5 Å². The SMILES string of the molecule is CC(c1ccc(-c2nc3nc(OC4COC5CCOC54)[nH]c3cc2Cl)cc1)N1CCOCC1. The molecule has 0 amide bonds. The molecule has 3 fully saturated rings. The van der Waals surface area contributed by atoms with E-state index in [2.05, 4.69) is 46.1 Å². The Hall–Kier alpha value is -2.23. The van der Waals surface area contributed by atoms with Crippen LogP contribution in [0.25, 0.3) is 22.4 Å². The summed E-state index contributed by atoms with van der Waals surface area (Å²) < 4.78 is 23.0. The smallest absolute Gasteiger partial charge is 0.296 e. The number of ether oxygens (including phenoxy) is 4. The molecule has 6 rings (SSSR count). The number of pyridine rings is 1. The van der Waals surface area contributed by atoms with Crippen LogP contribution in [-0.4, -0.2) is 77.7 Å². The fourth-order valence-corrected chi connectivity index (χ4v) is 5.18. The molecular formula is C24H27ClN4O4. The van der Waals surface area contributed by atoms with Gasteiger partial charge in [-0.15, -0.1) is 0 Å². The third kappa shape index (κ3) is 4.11. The molecule has 5 heterocycles. The summed E-state index contributed by atoms with van der Waals surface area (Å²) in [6.45, 7) is 6.94. The number of halogens is 1. The largest absolute Gasteiger partial charge is 0.456 e. The van der Waals surface area contributed by atoms with E-state index in [1.807, 2.05) is 6.07 Å². The van der Waals surface area contributed by atoms with E-state index in [9.17, 15) is 0 Å². The fraction of sp³-hybridized carbons (Fsp3) is 0.500. The number of fused-ring (bicyclic) bond motifs is 2. The highest BCUT2D eigenvalue weighted by molar-refractivity contribution is 6.33. The van der Waals surface area contributed by atoms with Crippen LogP contribution < -0.4 is 4.74 Å². The number of rotatable bonds is 5. The molecule has 2 aromatic heterocycles. The van der Waals surface area contributed by atoms with Crippen LogP contribution in [0.2, 0.25) is 5.02 Å². The lowest BCUT2D eigenvalue weighted by molar-refractivity contribution is 0.0198. The summed E-state index contributed by atoms with van der Waals surface area (Å²) in [5.74, 6) is 0. The standard InChI is InChI=1S/C24H27ClN4O4/c1-14(29-7-10-30-11-8-29)15-2-4-16(5-3-15)21-17(25)12-18-23(27-21)28-24(26-18)33-20-13-32-19-6-9-31-22(19)20/h2-5,12,14,19-20,22H,6-11,13H2,1H3,(H,26,27,28). The van der Waals surface area contributed by atoms with Gasteiger partial charge in [0, 0.05) is 31.3 Å². The molecule has 0 bridgehead atoms. The molecule has 3 aliphatic rings. The summed E-state index contributed by atoms with van der Waals surface area (Å²) in [5.41, 5.74) is 4.23. The van der Waals surface area contributed by atoms with Crippen molar-refractivity contribution in [2.24, 2.45) is 0 Å². The highest BCUT2D eigenvalue weighted by Crippen LogP contribution is 2.33. The van der Waals surface area contributed by atoms with E-state index < -0.39 is 0 Å². The molecule has 33 heavy (non-hydrogen) atoms. The monoisotopic (exact) mass is 470 g/mol. The van der Waals surface area contributed by atoms with Gasteiger partial charge in [0.25, 0.3) is 6.01 Å². The first kappa shape index (κ1) is 21.3. The van der Waals surface area contributed by atoms with Crippen molar-refractivity contribution in [3.05, 3.63) is 40.9 Å². The average Bonchev–Trinajstić information content (AvgIpc) is 3.56. The van der Waals surface area contributed by atoms with Crippen LogP contribution in [0.4, 0.5) is 0 Å². The zero-order valence-corrected chi connectivity index (χ0v) is 19.3. The number of hydrogen-bond donors (Lipinski definition) is 1. The lowest BCUT2D eigenvalue weighted by Crippen LogP contribution is -2.37. The Kier molecular flexibility index (Phi) is 5.72. The molecule has 4 atom stereocenters. The van der Waals surface area contributed by atoms with Gasteiger partial charge in [0.15, 0.2) is 11.8 Å². The maximum Gasteiger partial charge on any atom is 0.296 e. The first-order chi connectivity index (χ1) is 16.2. The van der Waals surface area contributed by atoms with Crippen molar-refractivity contribution in [3.63, 3.8) is 0 Å². The van der Waals surface area contributed by atoms with E-state index >= 15 is 0 Å². The Balaban J connectivity index is 1.21. The molecule has 8 nitrogen and oxygen atoms in total. The maximum atomic E-state index is 6.60. The van der Waals surface area contributed by atoms with Gasteiger partial charge in [0.05, 0.1) is 42.2 Å². The summed E-state index contributed by atoms with van der Waals surface area (Å²) >= 11 is 6.60. The Morgan fingerprint density at radius 1 is 1.12 bits per heavy atom. The number of nitrogens with one attached hydrogen (secondary N) is 1. The summed E-state index contributed by atoms with van der Waals surface area (Å²) in [6.07, 6.45) is 0.819. The summed E-state index contributed by atoms with van der Waals surface area (Å²) in [4.78, 5) is 14.9. The van der Waals surface area contributed by atoms with Gasteiger partial charge in [0.2, 0.25) is 0 Å². The van der Waals surface area contributed by atoms with Crippen molar-refractivity contribution in [2.45, 2.75) is 37.7 Å². The third-order valence-electron chi connectivity index (χ3n) is 6.85. The molecule has 1 aromatic carbocycles. The van der Waals surface area contributed by atoms with Crippen molar-refractivity contribution in [3.8, 4) is 17.3 Å². The van der Waals surface area contributed by atoms with Crippen LogP contribution in [-0.2, 0) is 14.2 Å². The van der Waals surface area contributed by atoms with Crippen LogP contribution in [0, 0.1) is 0 Å². The minimum atomic E-state index is -0.172. The second kappa shape index (κ2) is 8.85. The number of morpholine rings is 1. The van der Waals surface area contributed by atoms with Crippen molar-refractivity contribution < 1.29 is 18.9 Å². The van der Waals surface area contributed by atoms with Crippen molar-refractivity contribution >= 4 is 22.8 Å². The summed E-state index contributed by atoms with van der Waals surface area (Å²) in [6, 6.07) is 11.0. The Bertz CT molecular complexity index is 1130. The average molecular weight is 471 g/mol. The zero-order chi connectivity index (χ0) is 22.4. The van der Waals surface area contributed by atoms with Gasteiger partial charge in [-0.05, 0) is 25.0 Å². The number of nitrogens with zero attached hydrogens (tertiary/aromatic N) is 3. The number of hydrogen-bond acceptors (Lipinski definition) is 7. The fourth-order valence-electron chi connectivity index (χ4n) is 4.92. The van der Waals surface area contributed by atoms with Gasteiger partial charge in [0.1, 0.15) is 6.10 Å². The molecule has 174 valence electrons. The second-order valence-corrected chi connectivity index (χ2v) is 9.24. The van der Waals surface area contributed by atoms with E-state index in [1.54, 1.807) is 0 Å². The molecule has 4 unspecified atom stereocenters. The Labute approximate surface area is 197 Å². The number of benzene rings is 1. The molecule has 0 saturated carbocycles. The van der Waals surface area contributed by atoms with Crippen molar-refractivity contribution in [1.29, 1.82) is 0 Å². The van der Waals surface area contributed by atoms with E-state index in [0.29, 0.717) is 41.6 Å². The predicted molar refractivity (Wildman–Crippen MR) is 124 cm³/mol. The van der Waals surface area contributed by atoms with Gasteiger partial charge < -0.3 is 23.9 Å². The summed E-state index contributed by atoms with van der Waals surface area (Å²) in [7, 11) is 0. The topological polar surface area (TPSA) is 81.7 Å². The molecule has 3 saturated heterocycles. The molecule has 3 aliphatic heterocycles. The summed E-state index contributed by atoms with van der Waals surface area (Å²) in [5, 5.41) is 0.565. The van der Waals surface area contributed by atoms with Crippen molar-refractivity contribution in [1.82, 2.24) is 19.9 Å². The Morgan fingerprint density at radius 3 is 2.76 bits per heavy atom. The first-order valence-corrected chi connectivity index (χ1v) is 11.9. The van der Waals surface area contributed by atoms with E-state index in [0.717, 1.165) is 43.8 Å². The van der Waals surface area contributed by atoms with Gasteiger partial charge in [-0.2, -0.15) is 4.98 Å². The number of aromatic nitrogens is 3. The predicted octanol–water partition coefficient (Wildman–Crippen LogP) is 3.61. The maximum absolute atomic E-state index is 6.60. The molecule has 0 aliphatic carbocycles. The van der Waals surface area contributed by atoms with E-state index in [4.69, 9.17) is 35.5 Å². The molecule has 3 aromatic rings. The van der Waals surface area contributed by atoms with Gasteiger partial charge in [-0.3, -0.25) is 4.90 Å². The van der Waals surface area contributed by atoms with Crippen LogP contribution in [0.1, 0.15) is 24.9 Å². The number of imidazole rings is 1.